The van der Waals surface area contributed by atoms with Crippen LogP contribution in [0.3, 0.4) is 0 Å². The maximum atomic E-state index is 12.8. The molecule has 3 aromatic rings. The molecule has 2 unspecified atom stereocenters. The van der Waals surface area contributed by atoms with E-state index in [0.29, 0.717) is 22.6 Å². The second-order valence-corrected chi connectivity index (χ2v) is 10.3. The van der Waals surface area contributed by atoms with Gasteiger partial charge in [0.05, 0.1) is 24.5 Å². The van der Waals surface area contributed by atoms with Crippen LogP contribution in [0.4, 0.5) is 5.00 Å². The number of nitrogens with one attached hydrogen (secondary N) is 1. The third-order valence-corrected chi connectivity index (χ3v) is 8.10. The topological polar surface area (TPSA) is 112 Å². The number of nitrogens with zero attached hydrogens (tertiary/aromatic N) is 3. The molecule has 11 heteroatoms. The van der Waals surface area contributed by atoms with Crippen LogP contribution in [-0.4, -0.2) is 51.6 Å². The van der Waals surface area contributed by atoms with Crippen molar-refractivity contribution in [3.8, 4) is 0 Å². The minimum atomic E-state index is -0.597. The highest BCUT2D eigenvalue weighted by atomic mass is 32.2. The van der Waals surface area contributed by atoms with Gasteiger partial charge in [0.25, 0.3) is 0 Å². The molecule has 1 aliphatic carbocycles. The first kappa shape index (κ1) is 25.9. The van der Waals surface area contributed by atoms with Gasteiger partial charge >= 0.3 is 11.9 Å². The highest BCUT2D eigenvalue weighted by molar-refractivity contribution is 7.99. The quantitative estimate of drug-likeness (QED) is 0.302. The molecule has 1 aliphatic rings. The number of thioether (sulfide) groups is 1. The first-order valence-electron chi connectivity index (χ1n) is 11.7. The van der Waals surface area contributed by atoms with E-state index in [-0.39, 0.29) is 40.3 Å². The summed E-state index contributed by atoms with van der Waals surface area (Å²) < 4.78 is 12.2. The summed E-state index contributed by atoms with van der Waals surface area (Å²) in [6.07, 6.45) is 1.03. The monoisotopic (exact) mass is 528 g/mol. The van der Waals surface area contributed by atoms with Crippen molar-refractivity contribution in [2.24, 2.45) is 7.05 Å². The number of thiophene rings is 1. The van der Waals surface area contributed by atoms with Gasteiger partial charge in [0.15, 0.2) is 5.16 Å². The molecule has 4 rings (SSSR count). The standard InChI is InChI=1S/C25H28N4O5S2/c1-5-33-23(31)19-14(3)20(24(32)34-6-2)36-22(19)26-18(30)13-35-25-28-27-21(29(25)4)17-12-16(17)15-10-8-7-9-11-15/h7-11,16-17H,5-6,12-13H2,1-4H3,(H,26,30). The number of hydrogen-bond acceptors (Lipinski definition) is 9. The number of esters is 2. The molecule has 1 aromatic carbocycles. The Hall–Kier alpha value is -3.18. The fourth-order valence-corrected chi connectivity index (χ4v) is 5.88. The lowest BCUT2D eigenvalue weighted by molar-refractivity contribution is -0.113. The van der Waals surface area contributed by atoms with Crippen molar-refractivity contribution in [3.63, 3.8) is 0 Å². The molecule has 190 valence electrons. The van der Waals surface area contributed by atoms with Crippen molar-refractivity contribution in [2.75, 3.05) is 24.3 Å². The Kier molecular flexibility index (Phi) is 8.10. The van der Waals surface area contributed by atoms with Gasteiger partial charge < -0.3 is 19.4 Å². The molecule has 1 amide bonds. The second-order valence-electron chi connectivity index (χ2n) is 8.30. The van der Waals surface area contributed by atoms with Crippen LogP contribution in [0.15, 0.2) is 35.5 Å². The van der Waals surface area contributed by atoms with Gasteiger partial charge in [0.2, 0.25) is 5.91 Å². The summed E-state index contributed by atoms with van der Waals surface area (Å²) in [5, 5.41) is 12.3. The van der Waals surface area contributed by atoms with E-state index < -0.39 is 11.9 Å². The van der Waals surface area contributed by atoms with Crippen molar-refractivity contribution in [1.82, 2.24) is 14.8 Å². The Morgan fingerprint density at radius 1 is 1.08 bits per heavy atom. The van der Waals surface area contributed by atoms with Crippen LogP contribution < -0.4 is 5.32 Å². The Bertz CT molecular complexity index is 1270. The van der Waals surface area contributed by atoms with Crippen molar-refractivity contribution in [2.45, 2.75) is 44.2 Å². The molecule has 0 radical (unpaired) electrons. The highest BCUT2D eigenvalue weighted by Crippen LogP contribution is 2.54. The highest BCUT2D eigenvalue weighted by Gasteiger charge is 2.43. The van der Waals surface area contributed by atoms with Crippen LogP contribution in [0, 0.1) is 6.92 Å². The zero-order chi connectivity index (χ0) is 25.8. The smallest absolute Gasteiger partial charge is 0.348 e. The summed E-state index contributed by atoms with van der Waals surface area (Å²) in [5.74, 6) is 0.251. The SMILES string of the molecule is CCOC(=O)c1sc(NC(=O)CSc2nnc(C3CC3c3ccccc3)n2C)c(C(=O)OCC)c1C. The Morgan fingerprint density at radius 3 is 2.47 bits per heavy atom. The van der Waals surface area contributed by atoms with E-state index in [1.807, 2.05) is 29.8 Å². The first-order valence-corrected chi connectivity index (χ1v) is 13.5. The van der Waals surface area contributed by atoms with Crippen molar-refractivity contribution in [1.29, 1.82) is 0 Å². The summed E-state index contributed by atoms with van der Waals surface area (Å²) in [4.78, 5) is 37.9. The molecule has 2 aromatic heterocycles. The van der Waals surface area contributed by atoms with E-state index in [1.165, 1.54) is 17.3 Å². The number of anilines is 1. The maximum absolute atomic E-state index is 12.8. The maximum Gasteiger partial charge on any atom is 0.348 e. The largest absolute Gasteiger partial charge is 0.462 e. The molecule has 36 heavy (non-hydrogen) atoms. The van der Waals surface area contributed by atoms with Gasteiger partial charge in [0.1, 0.15) is 15.7 Å². The van der Waals surface area contributed by atoms with E-state index in [4.69, 9.17) is 9.47 Å². The number of amides is 1. The van der Waals surface area contributed by atoms with Crippen LogP contribution in [0.1, 0.15) is 69.1 Å². The Balaban J connectivity index is 1.42. The molecule has 1 saturated carbocycles. The van der Waals surface area contributed by atoms with E-state index in [1.54, 1.807) is 20.8 Å². The van der Waals surface area contributed by atoms with Gasteiger partial charge in [-0.3, -0.25) is 4.79 Å². The normalized spacial score (nSPS) is 16.4. The van der Waals surface area contributed by atoms with Crippen molar-refractivity contribution in [3.05, 3.63) is 57.7 Å². The lowest BCUT2D eigenvalue weighted by atomic mass is 10.1. The van der Waals surface area contributed by atoms with E-state index in [9.17, 15) is 14.4 Å². The van der Waals surface area contributed by atoms with Crippen molar-refractivity contribution >= 4 is 45.9 Å². The van der Waals surface area contributed by atoms with Crippen LogP contribution >= 0.6 is 23.1 Å². The first-order chi connectivity index (χ1) is 17.3. The fraction of sp³-hybridized carbons (Fsp3) is 0.400. The predicted molar refractivity (Wildman–Crippen MR) is 138 cm³/mol. The molecule has 9 nitrogen and oxygen atoms in total. The second kappa shape index (κ2) is 11.3. The van der Waals surface area contributed by atoms with Gasteiger partial charge in [-0.25, -0.2) is 9.59 Å². The minimum absolute atomic E-state index is 0.0622. The summed E-state index contributed by atoms with van der Waals surface area (Å²) in [6.45, 7) is 5.42. The Labute approximate surface area is 217 Å². The van der Waals surface area contributed by atoms with Gasteiger partial charge in [0, 0.05) is 13.0 Å². The van der Waals surface area contributed by atoms with Gasteiger partial charge in [-0.15, -0.1) is 21.5 Å². The summed E-state index contributed by atoms with van der Waals surface area (Å²) >= 11 is 2.27. The van der Waals surface area contributed by atoms with Crippen LogP contribution in [0.2, 0.25) is 0 Å². The summed E-state index contributed by atoms with van der Waals surface area (Å²) in [6, 6.07) is 10.4. The van der Waals surface area contributed by atoms with E-state index in [2.05, 4.69) is 27.6 Å². The van der Waals surface area contributed by atoms with Gasteiger partial charge in [-0.2, -0.15) is 0 Å². The number of benzene rings is 1. The summed E-state index contributed by atoms with van der Waals surface area (Å²) in [5.41, 5.74) is 1.89. The average molecular weight is 529 g/mol. The number of ether oxygens (including phenoxy) is 2. The van der Waals surface area contributed by atoms with Crippen LogP contribution in [-0.2, 0) is 21.3 Å². The lowest BCUT2D eigenvalue weighted by Crippen LogP contribution is -2.16. The zero-order valence-corrected chi connectivity index (χ0v) is 22.2. The van der Waals surface area contributed by atoms with Crippen LogP contribution in [0.25, 0.3) is 0 Å². The molecule has 0 saturated heterocycles. The van der Waals surface area contributed by atoms with E-state index >= 15 is 0 Å². The minimum Gasteiger partial charge on any atom is -0.462 e. The number of carbonyl (C=O) groups excluding carboxylic acids is 3. The molecule has 0 bridgehead atoms. The zero-order valence-electron chi connectivity index (χ0n) is 20.6. The number of rotatable bonds is 10. The fourth-order valence-electron chi connectivity index (χ4n) is 4.06. The molecule has 1 N–H and O–H groups in total. The number of hydrogen-bond donors (Lipinski definition) is 1. The number of aromatic nitrogens is 3. The molecular weight excluding hydrogens is 500 g/mol. The molecule has 2 heterocycles. The van der Waals surface area contributed by atoms with Crippen molar-refractivity contribution < 1.29 is 23.9 Å². The Morgan fingerprint density at radius 2 is 1.78 bits per heavy atom. The molecular formula is C25H28N4O5S2. The average Bonchev–Trinajstić information content (AvgIpc) is 3.47. The number of carbonyl (C=O) groups is 3. The third kappa shape index (κ3) is 5.46. The molecule has 2 atom stereocenters. The molecule has 1 fully saturated rings. The van der Waals surface area contributed by atoms with Gasteiger partial charge in [-0.1, -0.05) is 42.1 Å². The summed E-state index contributed by atoms with van der Waals surface area (Å²) in [7, 11) is 1.91. The van der Waals surface area contributed by atoms with Crippen LogP contribution in [0.5, 0.6) is 0 Å². The molecule has 0 spiro atoms. The third-order valence-electron chi connectivity index (χ3n) is 5.89. The van der Waals surface area contributed by atoms with Gasteiger partial charge in [-0.05, 0) is 44.2 Å². The predicted octanol–water partition coefficient (Wildman–Crippen LogP) is 4.54. The molecule has 0 aliphatic heterocycles. The van der Waals surface area contributed by atoms with E-state index in [0.717, 1.165) is 23.6 Å². The lowest BCUT2D eigenvalue weighted by Gasteiger charge is -2.07.